The molecule has 1 N–H and O–H groups in total. The maximum absolute atomic E-state index is 10.5. The molecule has 0 heterocycles. The van der Waals surface area contributed by atoms with E-state index in [0.29, 0.717) is 0 Å². The van der Waals surface area contributed by atoms with Crippen LogP contribution >= 0.6 is 11.6 Å². The number of nitrogens with zero attached hydrogens (tertiary/aromatic N) is 2. The first-order valence-electron chi connectivity index (χ1n) is 3.28. The zero-order chi connectivity index (χ0) is 9.84. The molecule has 1 aromatic carbocycles. The lowest BCUT2D eigenvalue weighted by atomic mass is 10.2. The summed E-state index contributed by atoms with van der Waals surface area (Å²) in [5, 5.41) is 21.2. The highest BCUT2D eigenvalue weighted by molar-refractivity contribution is 6.69. The van der Waals surface area contributed by atoms with Gasteiger partial charge in [-0.2, -0.15) is 0 Å². The van der Waals surface area contributed by atoms with Crippen LogP contribution in [0.5, 0.6) is 0 Å². The lowest BCUT2D eigenvalue weighted by molar-refractivity contribution is -0.385. The summed E-state index contributed by atoms with van der Waals surface area (Å²) in [6.07, 6.45) is 0. The summed E-state index contributed by atoms with van der Waals surface area (Å²) >= 11 is 5.44. The monoisotopic (exact) mass is 200 g/mol. The molecule has 0 aromatic heterocycles. The number of para-hydroxylation sites is 1. The van der Waals surface area contributed by atoms with E-state index in [1.54, 1.807) is 6.07 Å². The topological polar surface area (TPSA) is 75.7 Å². The van der Waals surface area contributed by atoms with Crippen molar-refractivity contribution in [3.63, 3.8) is 0 Å². The molecule has 0 aliphatic carbocycles. The zero-order valence-corrected chi connectivity index (χ0v) is 7.10. The molecule has 1 aromatic rings. The number of halogens is 1. The second-order valence-corrected chi connectivity index (χ2v) is 2.52. The molecule has 5 nitrogen and oxygen atoms in total. The SMILES string of the molecule is O=[N+]([O-])c1ccccc1/C(Cl)=N\O. The lowest BCUT2D eigenvalue weighted by Crippen LogP contribution is -1.98. The third-order valence-electron chi connectivity index (χ3n) is 1.41. The van der Waals surface area contributed by atoms with Gasteiger partial charge < -0.3 is 5.21 Å². The molecule has 0 aliphatic heterocycles. The van der Waals surface area contributed by atoms with Crippen molar-refractivity contribution >= 4 is 22.5 Å². The van der Waals surface area contributed by atoms with E-state index in [1.165, 1.54) is 18.2 Å². The Morgan fingerprint density at radius 1 is 1.54 bits per heavy atom. The van der Waals surface area contributed by atoms with Gasteiger partial charge in [0.15, 0.2) is 5.17 Å². The average molecular weight is 201 g/mol. The van der Waals surface area contributed by atoms with Crippen molar-refractivity contribution in [2.75, 3.05) is 0 Å². The molecule has 0 atom stereocenters. The summed E-state index contributed by atoms with van der Waals surface area (Å²) in [5.41, 5.74) is -0.0954. The van der Waals surface area contributed by atoms with Gasteiger partial charge in [-0.25, -0.2) is 0 Å². The van der Waals surface area contributed by atoms with Gasteiger partial charge in [-0.1, -0.05) is 28.9 Å². The number of benzene rings is 1. The fourth-order valence-corrected chi connectivity index (χ4v) is 1.02. The van der Waals surface area contributed by atoms with Crippen molar-refractivity contribution in [3.8, 4) is 0 Å². The number of hydrogen-bond acceptors (Lipinski definition) is 4. The Hall–Kier alpha value is -1.62. The molecule has 0 saturated heterocycles. The van der Waals surface area contributed by atoms with Crippen LogP contribution in [0.3, 0.4) is 0 Å². The summed E-state index contributed by atoms with van der Waals surface area (Å²) in [6.45, 7) is 0. The van der Waals surface area contributed by atoms with Crippen LogP contribution in [-0.4, -0.2) is 15.3 Å². The van der Waals surface area contributed by atoms with Crippen LogP contribution in [0.1, 0.15) is 5.56 Å². The van der Waals surface area contributed by atoms with Crippen LogP contribution in [0.25, 0.3) is 0 Å². The molecule has 13 heavy (non-hydrogen) atoms. The molecule has 0 amide bonds. The standard InChI is InChI=1S/C7H5ClN2O3/c8-7(9-11)5-3-1-2-4-6(5)10(12)13/h1-4,11H/b9-7+. The quantitative estimate of drug-likeness (QED) is 0.343. The van der Waals surface area contributed by atoms with Gasteiger partial charge in [0.05, 0.1) is 10.5 Å². The van der Waals surface area contributed by atoms with Crippen molar-refractivity contribution in [2.45, 2.75) is 0 Å². The average Bonchev–Trinajstić information content (AvgIpc) is 2.16. The van der Waals surface area contributed by atoms with Gasteiger partial charge >= 0.3 is 0 Å². The third-order valence-corrected chi connectivity index (χ3v) is 1.69. The summed E-state index contributed by atoms with van der Waals surface area (Å²) < 4.78 is 0. The molecule has 0 spiro atoms. The number of oxime groups is 1. The normalized spacial score (nSPS) is 11.3. The number of rotatable bonds is 2. The minimum atomic E-state index is -0.594. The largest absolute Gasteiger partial charge is 0.410 e. The van der Waals surface area contributed by atoms with Gasteiger partial charge in [-0.05, 0) is 6.07 Å². The first-order valence-corrected chi connectivity index (χ1v) is 3.66. The Balaban J connectivity index is 3.28. The van der Waals surface area contributed by atoms with Gasteiger partial charge in [-0.3, -0.25) is 10.1 Å². The molecule has 1 rings (SSSR count). The van der Waals surface area contributed by atoms with Crippen LogP contribution in [0.15, 0.2) is 29.4 Å². The first-order chi connectivity index (χ1) is 6.16. The Bertz CT molecular complexity index is 365. The minimum Gasteiger partial charge on any atom is -0.410 e. The summed E-state index contributed by atoms with van der Waals surface area (Å²) in [4.78, 5) is 9.86. The molecular weight excluding hydrogens is 196 g/mol. The number of hydrogen-bond donors (Lipinski definition) is 1. The Morgan fingerprint density at radius 2 is 2.15 bits per heavy atom. The van der Waals surface area contributed by atoms with Gasteiger partial charge in [-0.15, -0.1) is 0 Å². The van der Waals surface area contributed by atoms with E-state index < -0.39 is 4.92 Å². The first kappa shape index (κ1) is 9.47. The van der Waals surface area contributed by atoms with E-state index in [4.69, 9.17) is 16.8 Å². The van der Waals surface area contributed by atoms with Crippen molar-refractivity contribution in [2.24, 2.45) is 5.16 Å². The highest BCUT2D eigenvalue weighted by atomic mass is 35.5. The van der Waals surface area contributed by atoms with Crippen molar-refractivity contribution in [1.29, 1.82) is 0 Å². The van der Waals surface area contributed by atoms with Crippen LogP contribution in [0.2, 0.25) is 0 Å². The van der Waals surface area contributed by atoms with Crippen molar-refractivity contribution < 1.29 is 10.1 Å². The van der Waals surface area contributed by atoms with Gasteiger partial charge in [0, 0.05) is 6.07 Å². The molecule has 0 radical (unpaired) electrons. The van der Waals surface area contributed by atoms with E-state index in [0.717, 1.165) is 0 Å². The molecule has 6 heteroatoms. The number of nitro benzene ring substituents is 1. The van der Waals surface area contributed by atoms with Gasteiger partial charge in [0.1, 0.15) is 0 Å². The zero-order valence-electron chi connectivity index (χ0n) is 6.35. The maximum Gasteiger partial charge on any atom is 0.279 e. The summed E-state index contributed by atoms with van der Waals surface area (Å²) in [6, 6.07) is 5.75. The second kappa shape index (κ2) is 3.86. The molecule has 0 bridgehead atoms. The molecule has 0 fully saturated rings. The fraction of sp³-hybridized carbons (Fsp3) is 0. The van der Waals surface area contributed by atoms with E-state index >= 15 is 0 Å². The summed E-state index contributed by atoms with van der Waals surface area (Å²) in [5.74, 6) is 0. The summed E-state index contributed by atoms with van der Waals surface area (Å²) in [7, 11) is 0. The van der Waals surface area contributed by atoms with E-state index in [-0.39, 0.29) is 16.4 Å². The second-order valence-electron chi connectivity index (χ2n) is 2.17. The van der Waals surface area contributed by atoms with Gasteiger partial charge in [0.25, 0.3) is 5.69 Å². The Labute approximate surface area is 78.4 Å². The smallest absolute Gasteiger partial charge is 0.279 e. The fourth-order valence-electron chi connectivity index (χ4n) is 0.861. The van der Waals surface area contributed by atoms with Crippen LogP contribution < -0.4 is 0 Å². The molecule has 0 unspecified atom stereocenters. The predicted molar refractivity (Wildman–Crippen MR) is 47.3 cm³/mol. The highest BCUT2D eigenvalue weighted by Gasteiger charge is 2.15. The van der Waals surface area contributed by atoms with E-state index in [1.807, 2.05) is 0 Å². The molecular formula is C7H5ClN2O3. The molecule has 68 valence electrons. The van der Waals surface area contributed by atoms with Crippen molar-refractivity contribution in [1.82, 2.24) is 0 Å². The van der Waals surface area contributed by atoms with Crippen molar-refractivity contribution in [3.05, 3.63) is 39.9 Å². The lowest BCUT2D eigenvalue weighted by Gasteiger charge is -1.97. The molecule has 0 aliphatic rings. The van der Waals surface area contributed by atoms with Gasteiger partial charge in [0.2, 0.25) is 0 Å². The number of nitro groups is 1. The minimum absolute atomic E-state index is 0.0941. The highest BCUT2D eigenvalue weighted by Crippen LogP contribution is 2.19. The van der Waals surface area contributed by atoms with E-state index in [9.17, 15) is 10.1 Å². The Morgan fingerprint density at radius 3 is 2.69 bits per heavy atom. The van der Waals surface area contributed by atoms with Crippen LogP contribution in [0, 0.1) is 10.1 Å². The predicted octanol–water partition coefficient (Wildman–Crippen LogP) is 1.97. The maximum atomic E-state index is 10.5. The Kier molecular flexibility index (Phi) is 2.81. The van der Waals surface area contributed by atoms with E-state index in [2.05, 4.69) is 5.16 Å². The third kappa shape index (κ3) is 1.94. The molecule has 0 saturated carbocycles. The van der Waals surface area contributed by atoms with Crippen LogP contribution in [-0.2, 0) is 0 Å². The van der Waals surface area contributed by atoms with Crippen LogP contribution in [0.4, 0.5) is 5.69 Å².